The van der Waals surface area contributed by atoms with Crippen LogP contribution in [0.1, 0.15) is 24.2 Å². The summed E-state index contributed by atoms with van der Waals surface area (Å²) in [6, 6.07) is 6.68. The Kier molecular flexibility index (Phi) is 3.43. The standard InChI is InChI=1S/C13H15NO2S/c1-9-10(2)17-8-14(9)7-13(16)11-5-3-4-6-12(11)15/h3-6,15H,7-8H2,1-2H3. The number of nitrogens with zero attached hydrogens (tertiary/aromatic N) is 1. The first-order chi connectivity index (χ1) is 8.09. The number of benzene rings is 1. The van der Waals surface area contributed by atoms with Crippen LogP contribution in [-0.4, -0.2) is 28.2 Å². The fourth-order valence-corrected chi connectivity index (χ4v) is 2.70. The van der Waals surface area contributed by atoms with Crippen molar-refractivity contribution >= 4 is 17.5 Å². The Balaban J connectivity index is 2.11. The van der Waals surface area contributed by atoms with Crippen LogP contribution in [0.5, 0.6) is 5.75 Å². The summed E-state index contributed by atoms with van der Waals surface area (Å²) in [6.45, 7) is 4.41. The highest BCUT2D eigenvalue weighted by molar-refractivity contribution is 8.03. The molecule has 17 heavy (non-hydrogen) atoms. The fourth-order valence-electron chi connectivity index (χ4n) is 1.73. The van der Waals surface area contributed by atoms with Gasteiger partial charge in [0.15, 0.2) is 5.78 Å². The van der Waals surface area contributed by atoms with Gasteiger partial charge in [-0.25, -0.2) is 0 Å². The molecule has 4 heteroatoms. The van der Waals surface area contributed by atoms with Gasteiger partial charge in [0.05, 0.1) is 18.0 Å². The van der Waals surface area contributed by atoms with E-state index in [4.69, 9.17) is 0 Å². The van der Waals surface area contributed by atoms with Crippen molar-refractivity contribution in [2.75, 3.05) is 12.4 Å². The summed E-state index contributed by atoms with van der Waals surface area (Å²) in [6.07, 6.45) is 0. The monoisotopic (exact) mass is 249 g/mol. The third kappa shape index (κ3) is 2.47. The van der Waals surface area contributed by atoms with Crippen LogP contribution in [0.2, 0.25) is 0 Å². The molecule has 1 N–H and O–H groups in total. The van der Waals surface area contributed by atoms with Crippen molar-refractivity contribution in [1.82, 2.24) is 4.90 Å². The van der Waals surface area contributed by atoms with Crippen LogP contribution in [0.4, 0.5) is 0 Å². The lowest BCUT2D eigenvalue weighted by molar-refractivity contribution is 0.0956. The maximum atomic E-state index is 12.0. The number of phenolic OH excluding ortho intramolecular Hbond substituents is 1. The summed E-state index contributed by atoms with van der Waals surface area (Å²) in [4.78, 5) is 15.3. The molecule has 90 valence electrons. The zero-order valence-electron chi connectivity index (χ0n) is 9.93. The van der Waals surface area contributed by atoms with Gasteiger partial charge in [-0.3, -0.25) is 4.79 Å². The van der Waals surface area contributed by atoms with E-state index in [1.54, 1.807) is 36.0 Å². The number of hydrogen-bond donors (Lipinski definition) is 1. The summed E-state index contributed by atoms with van der Waals surface area (Å²) in [5, 5.41) is 9.62. The first-order valence-electron chi connectivity index (χ1n) is 5.46. The van der Waals surface area contributed by atoms with Crippen molar-refractivity contribution in [3.05, 3.63) is 40.4 Å². The first kappa shape index (κ1) is 12.0. The molecule has 1 aromatic rings. The molecule has 0 saturated heterocycles. The number of thioether (sulfide) groups is 1. The third-order valence-corrected chi connectivity index (χ3v) is 4.13. The number of rotatable bonds is 3. The molecule has 2 rings (SSSR count). The second kappa shape index (κ2) is 4.84. The summed E-state index contributed by atoms with van der Waals surface area (Å²) >= 11 is 1.75. The SMILES string of the molecule is CC1=C(C)N(CC(=O)c2ccccc2O)CS1. The van der Waals surface area contributed by atoms with Crippen LogP contribution >= 0.6 is 11.8 Å². The highest BCUT2D eigenvalue weighted by Gasteiger charge is 2.20. The average molecular weight is 249 g/mol. The summed E-state index contributed by atoms with van der Waals surface area (Å²) in [7, 11) is 0. The molecular formula is C13H15NO2S. The van der Waals surface area contributed by atoms with E-state index in [2.05, 4.69) is 6.92 Å². The van der Waals surface area contributed by atoms with Crippen molar-refractivity contribution in [3.8, 4) is 5.75 Å². The summed E-state index contributed by atoms with van der Waals surface area (Å²) in [5.41, 5.74) is 1.55. The predicted octanol–water partition coefficient (Wildman–Crippen LogP) is 2.83. The molecule has 1 heterocycles. The molecule has 1 aromatic carbocycles. The number of ketones is 1. The van der Waals surface area contributed by atoms with Crippen molar-refractivity contribution < 1.29 is 9.90 Å². The van der Waals surface area contributed by atoms with Gasteiger partial charge in [0.25, 0.3) is 0 Å². The topological polar surface area (TPSA) is 40.5 Å². The van der Waals surface area contributed by atoms with Crippen LogP contribution < -0.4 is 0 Å². The second-order valence-corrected chi connectivity index (χ2v) is 5.21. The predicted molar refractivity (Wildman–Crippen MR) is 70.0 cm³/mol. The van der Waals surface area contributed by atoms with E-state index < -0.39 is 0 Å². The molecule has 0 aliphatic carbocycles. The van der Waals surface area contributed by atoms with Crippen LogP contribution in [-0.2, 0) is 0 Å². The maximum absolute atomic E-state index is 12.0. The largest absolute Gasteiger partial charge is 0.507 e. The molecule has 0 unspecified atom stereocenters. The Morgan fingerprint density at radius 2 is 2.12 bits per heavy atom. The summed E-state index contributed by atoms with van der Waals surface area (Å²) < 4.78 is 0. The lowest BCUT2D eigenvalue weighted by Crippen LogP contribution is -2.25. The Labute approximate surface area is 105 Å². The van der Waals surface area contributed by atoms with Gasteiger partial charge in [-0.1, -0.05) is 12.1 Å². The van der Waals surface area contributed by atoms with Gasteiger partial charge in [0.2, 0.25) is 0 Å². The van der Waals surface area contributed by atoms with E-state index >= 15 is 0 Å². The molecule has 0 fully saturated rings. The molecule has 1 aliphatic rings. The Morgan fingerprint density at radius 3 is 2.71 bits per heavy atom. The second-order valence-electron chi connectivity index (χ2n) is 4.05. The summed E-state index contributed by atoms with van der Waals surface area (Å²) in [5.74, 6) is 0.831. The molecular weight excluding hydrogens is 234 g/mol. The molecule has 3 nitrogen and oxygen atoms in total. The van der Waals surface area contributed by atoms with Gasteiger partial charge in [-0.2, -0.15) is 0 Å². The zero-order valence-corrected chi connectivity index (χ0v) is 10.8. The van der Waals surface area contributed by atoms with Gasteiger partial charge < -0.3 is 10.0 Å². The van der Waals surface area contributed by atoms with E-state index in [0.29, 0.717) is 12.1 Å². The minimum atomic E-state index is -0.0437. The van der Waals surface area contributed by atoms with Crippen molar-refractivity contribution in [2.45, 2.75) is 13.8 Å². The number of carbonyl (C=O) groups is 1. The van der Waals surface area contributed by atoms with Gasteiger partial charge >= 0.3 is 0 Å². The third-order valence-electron chi connectivity index (χ3n) is 2.96. The van der Waals surface area contributed by atoms with Gasteiger partial charge in [-0.05, 0) is 26.0 Å². The normalized spacial score (nSPS) is 15.5. The highest BCUT2D eigenvalue weighted by Crippen LogP contribution is 2.31. The zero-order chi connectivity index (χ0) is 12.4. The van der Waals surface area contributed by atoms with Gasteiger partial charge in [0, 0.05) is 10.6 Å². The number of aromatic hydroxyl groups is 1. The quantitative estimate of drug-likeness (QED) is 0.836. The molecule has 1 aliphatic heterocycles. The van der Waals surface area contributed by atoms with E-state index in [-0.39, 0.29) is 11.5 Å². The minimum absolute atomic E-state index is 0.0437. The number of hydrogen-bond acceptors (Lipinski definition) is 4. The van der Waals surface area contributed by atoms with E-state index in [0.717, 1.165) is 11.6 Å². The fraction of sp³-hybridized carbons (Fsp3) is 0.308. The van der Waals surface area contributed by atoms with Crippen molar-refractivity contribution in [1.29, 1.82) is 0 Å². The molecule has 0 bridgehead atoms. The number of Topliss-reactive ketones (excluding diaryl/α,β-unsaturated/α-hetero) is 1. The smallest absolute Gasteiger partial charge is 0.185 e. The average Bonchev–Trinajstić information content (AvgIpc) is 2.61. The maximum Gasteiger partial charge on any atom is 0.185 e. The van der Waals surface area contributed by atoms with Crippen molar-refractivity contribution in [2.24, 2.45) is 0 Å². The first-order valence-corrected chi connectivity index (χ1v) is 6.44. The molecule has 0 spiro atoms. The van der Waals surface area contributed by atoms with Crippen LogP contribution in [0.3, 0.4) is 0 Å². The Hall–Kier alpha value is -1.42. The minimum Gasteiger partial charge on any atom is -0.507 e. The Bertz CT molecular complexity index is 482. The van der Waals surface area contributed by atoms with Crippen molar-refractivity contribution in [3.63, 3.8) is 0 Å². The highest BCUT2D eigenvalue weighted by atomic mass is 32.2. The molecule has 0 amide bonds. The van der Waals surface area contributed by atoms with Crippen LogP contribution in [0.25, 0.3) is 0 Å². The van der Waals surface area contributed by atoms with Gasteiger partial charge in [0.1, 0.15) is 5.75 Å². The Morgan fingerprint density at radius 1 is 1.41 bits per heavy atom. The molecule has 0 aromatic heterocycles. The number of phenols is 1. The number of para-hydroxylation sites is 1. The molecule has 0 saturated carbocycles. The van der Waals surface area contributed by atoms with E-state index in [1.807, 2.05) is 11.8 Å². The lowest BCUT2D eigenvalue weighted by atomic mass is 10.1. The number of carbonyl (C=O) groups excluding carboxylic acids is 1. The molecule has 0 atom stereocenters. The lowest BCUT2D eigenvalue weighted by Gasteiger charge is -2.18. The van der Waals surface area contributed by atoms with E-state index in [1.165, 1.54) is 4.91 Å². The van der Waals surface area contributed by atoms with Crippen LogP contribution in [0.15, 0.2) is 34.9 Å². The molecule has 0 radical (unpaired) electrons. The van der Waals surface area contributed by atoms with E-state index in [9.17, 15) is 9.90 Å². The van der Waals surface area contributed by atoms with Crippen LogP contribution in [0, 0.1) is 0 Å². The number of allylic oxidation sites excluding steroid dienone is 2. The van der Waals surface area contributed by atoms with Gasteiger partial charge in [-0.15, -0.1) is 11.8 Å².